The van der Waals surface area contributed by atoms with Crippen molar-refractivity contribution in [1.29, 1.82) is 0 Å². The molecule has 0 aromatic heterocycles. The van der Waals surface area contributed by atoms with Crippen LogP contribution in [0, 0.1) is 0 Å². The van der Waals surface area contributed by atoms with E-state index in [9.17, 15) is 4.79 Å². The molecule has 27 heavy (non-hydrogen) atoms. The first-order chi connectivity index (χ1) is 13.3. The lowest BCUT2D eigenvalue weighted by atomic mass is 10.00. The Kier molecular flexibility index (Phi) is 6.30. The number of nitrogens with zero attached hydrogens (tertiary/aromatic N) is 1. The summed E-state index contributed by atoms with van der Waals surface area (Å²) in [4.78, 5) is 14.9. The molecule has 0 spiro atoms. The van der Waals surface area contributed by atoms with Crippen molar-refractivity contribution in [2.75, 3.05) is 19.8 Å². The number of rotatable bonds is 6. The van der Waals surface area contributed by atoms with Crippen molar-refractivity contribution in [3.05, 3.63) is 29.8 Å². The predicted molar refractivity (Wildman–Crippen MR) is 103 cm³/mol. The molecule has 1 atom stereocenters. The summed E-state index contributed by atoms with van der Waals surface area (Å²) in [5.41, 5.74) is 1.17. The third-order valence-electron chi connectivity index (χ3n) is 5.96. The van der Waals surface area contributed by atoms with E-state index in [1.807, 2.05) is 17.0 Å². The second kappa shape index (κ2) is 9.07. The summed E-state index contributed by atoms with van der Waals surface area (Å²) in [6.45, 7) is 2.09. The molecule has 0 N–H and O–H groups in total. The van der Waals surface area contributed by atoms with E-state index in [4.69, 9.17) is 14.2 Å². The molecule has 5 nitrogen and oxygen atoms in total. The monoisotopic (exact) mass is 373 g/mol. The Balaban J connectivity index is 1.32. The van der Waals surface area contributed by atoms with Crippen LogP contribution in [0.15, 0.2) is 24.3 Å². The molecular formula is C22H31NO4. The van der Waals surface area contributed by atoms with Gasteiger partial charge in [-0.05, 0) is 69.1 Å². The molecule has 148 valence electrons. The van der Waals surface area contributed by atoms with Crippen molar-refractivity contribution in [2.45, 2.75) is 76.2 Å². The van der Waals surface area contributed by atoms with Crippen molar-refractivity contribution in [3.63, 3.8) is 0 Å². The number of aryl methyl sites for hydroxylation is 1. The van der Waals surface area contributed by atoms with Gasteiger partial charge in [0.05, 0.1) is 25.4 Å². The fourth-order valence-corrected chi connectivity index (χ4v) is 4.52. The zero-order valence-corrected chi connectivity index (χ0v) is 16.1. The summed E-state index contributed by atoms with van der Waals surface area (Å²) >= 11 is 0. The number of hydrogen-bond acceptors (Lipinski definition) is 4. The first-order valence-electron chi connectivity index (χ1n) is 10.6. The van der Waals surface area contributed by atoms with Gasteiger partial charge in [-0.15, -0.1) is 0 Å². The summed E-state index contributed by atoms with van der Waals surface area (Å²) in [6, 6.07) is 8.33. The lowest BCUT2D eigenvalue weighted by Gasteiger charge is -2.38. The highest BCUT2D eigenvalue weighted by Crippen LogP contribution is 2.27. The highest BCUT2D eigenvalue weighted by atomic mass is 16.7. The zero-order valence-electron chi connectivity index (χ0n) is 16.1. The van der Waals surface area contributed by atoms with Crippen molar-refractivity contribution < 1.29 is 19.0 Å². The Bertz CT molecular complexity index is 622. The van der Waals surface area contributed by atoms with Crippen LogP contribution >= 0.6 is 0 Å². The van der Waals surface area contributed by atoms with Gasteiger partial charge in [-0.1, -0.05) is 12.1 Å². The zero-order chi connectivity index (χ0) is 18.5. The third-order valence-corrected chi connectivity index (χ3v) is 5.96. The maximum atomic E-state index is 12.9. The SMILES string of the molecule is O=C(CCc1cccc(OC2CCCC2)c1)N1CCCCC1C1OCCO1. The van der Waals surface area contributed by atoms with E-state index in [1.54, 1.807) is 0 Å². The first kappa shape index (κ1) is 18.8. The number of likely N-dealkylation sites (tertiary alicyclic amines) is 1. The number of carbonyl (C=O) groups excluding carboxylic acids is 1. The van der Waals surface area contributed by atoms with E-state index in [-0.39, 0.29) is 18.2 Å². The molecule has 1 amide bonds. The van der Waals surface area contributed by atoms with Gasteiger partial charge in [-0.25, -0.2) is 0 Å². The first-order valence-corrected chi connectivity index (χ1v) is 10.6. The second-order valence-electron chi connectivity index (χ2n) is 7.93. The van der Waals surface area contributed by atoms with Crippen molar-refractivity contribution in [2.24, 2.45) is 0 Å². The molecule has 1 saturated carbocycles. The molecule has 1 unspecified atom stereocenters. The van der Waals surface area contributed by atoms with Crippen LogP contribution in [0.25, 0.3) is 0 Å². The van der Waals surface area contributed by atoms with Gasteiger partial charge in [0.2, 0.25) is 5.91 Å². The predicted octanol–water partition coefficient (Wildman–Crippen LogP) is 3.69. The summed E-state index contributed by atoms with van der Waals surface area (Å²) in [5.74, 6) is 1.15. The summed E-state index contributed by atoms with van der Waals surface area (Å²) in [6.07, 6.45) is 9.43. The number of ether oxygens (including phenoxy) is 3. The van der Waals surface area contributed by atoms with Gasteiger partial charge in [0.25, 0.3) is 0 Å². The van der Waals surface area contributed by atoms with Gasteiger partial charge in [0, 0.05) is 13.0 Å². The molecule has 4 rings (SSSR count). The molecule has 3 aliphatic rings. The maximum Gasteiger partial charge on any atom is 0.223 e. The van der Waals surface area contributed by atoms with Crippen molar-refractivity contribution >= 4 is 5.91 Å². The molecule has 1 aromatic rings. The number of amides is 1. The standard InChI is InChI=1S/C22H31NO4/c24-21(23-13-4-3-10-20(23)22-25-14-15-26-22)12-11-17-6-5-9-19(16-17)27-18-7-1-2-8-18/h5-6,9,16,18,20,22H,1-4,7-8,10-15H2. The number of carbonyl (C=O) groups is 1. The van der Waals surface area contributed by atoms with E-state index in [0.29, 0.717) is 25.7 Å². The minimum absolute atomic E-state index is 0.0748. The number of piperidine rings is 1. The Hall–Kier alpha value is -1.59. The maximum absolute atomic E-state index is 12.9. The van der Waals surface area contributed by atoms with E-state index < -0.39 is 0 Å². The Labute approximate surface area is 162 Å². The molecule has 1 aromatic carbocycles. The normalized spacial score (nSPS) is 24.4. The van der Waals surface area contributed by atoms with Gasteiger partial charge >= 0.3 is 0 Å². The Morgan fingerprint density at radius 2 is 1.85 bits per heavy atom. The summed E-state index contributed by atoms with van der Waals surface area (Å²) in [7, 11) is 0. The van der Waals surface area contributed by atoms with Crippen LogP contribution in [0.4, 0.5) is 0 Å². The van der Waals surface area contributed by atoms with Gasteiger partial charge < -0.3 is 19.1 Å². The molecule has 2 heterocycles. The van der Waals surface area contributed by atoms with E-state index in [0.717, 1.165) is 50.8 Å². The summed E-state index contributed by atoms with van der Waals surface area (Å²) < 4.78 is 17.5. The number of hydrogen-bond donors (Lipinski definition) is 0. The highest BCUT2D eigenvalue weighted by Gasteiger charge is 2.35. The Morgan fingerprint density at radius 3 is 2.67 bits per heavy atom. The molecule has 0 bridgehead atoms. The molecular weight excluding hydrogens is 342 g/mol. The minimum Gasteiger partial charge on any atom is -0.490 e. The van der Waals surface area contributed by atoms with Crippen LogP contribution in [0.1, 0.15) is 56.9 Å². The van der Waals surface area contributed by atoms with Crippen LogP contribution in [0.2, 0.25) is 0 Å². The van der Waals surface area contributed by atoms with Crippen LogP contribution < -0.4 is 4.74 Å². The minimum atomic E-state index is -0.239. The van der Waals surface area contributed by atoms with Crippen LogP contribution in [-0.4, -0.2) is 49.0 Å². The molecule has 1 aliphatic carbocycles. The lowest BCUT2D eigenvalue weighted by Crippen LogP contribution is -2.50. The van der Waals surface area contributed by atoms with E-state index in [2.05, 4.69) is 12.1 Å². The average molecular weight is 373 g/mol. The molecule has 5 heteroatoms. The van der Waals surface area contributed by atoms with Crippen LogP contribution in [0.5, 0.6) is 5.75 Å². The smallest absolute Gasteiger partial charge is 0.223 e. The van der Waals surface area contributed by atoms with Crippen LogP contribution in [-0.2, 0) is 20.7 Å². The molecule has 2 aliphatic heterocycles. The van der Waals surface area contributed by atoms with Crippen molar-refractivity contribution in [1.82, 2.24) is 4.90 Å². The fourth-order valence-electron chi connectivity index (χ4n) is 4.52. The fraction of sp³-hybridized carbons (Fsp3) is 0.682. The number of benzene rings is 1. The quantitative estimate of drug-likeness (QED) is 0.763. The average Bonchev–Trinajstić information content (AvgIpc) is 3.41. The third kappa shape index (κ3) is 4.82. The van der Waals surface area contributed by atoms with Gasteiger partial charge in [0.15, 0.2) is 6.29 Å². The lowest BCUT2D eigenvalue weighted by molar-refractivity contribution is -0.150. The van der Waals surface area contributed by atoms with E-state index in [1.165, 1.54) is 18.4 Å². The largest absolute Gasteiger partial charge is 0.490 e. The molecule has 0 radical (unpaired) electrons. The van der Waals surface area contributed by atoms with Gasteiger partial charge in [-0.2, -0.15) is 0 Å². The molecule has 2 saturated heterocycles. The van der Waals surface area contributed by atoms with Gasteiger partial charge in [-0.3, -0.25) is 4.79 Å². The van der Waals surface area contributed by atoms with Crippen LogP contribution in [0.3, 0.4) is 0 Å². The molecule has 3 fully saturated rings. The highest BCUT2D eigenvalue weighted by molar-refractivity contribution is 5.77. The van der Waals surface area contributed by atoms with Gasteiger partial charge in [0.1, 0.15) is 5.75 Å². The van der Waals surface area contributed by atoms with E-state index >= 15 is 0 Å². The summed E-state index contributed by atoms with van der Waals surface area (Å²) in [5, 5.41) is 0. The second-order valence-corrected chi connectivity index (χ2v) is 7.93. The Morgan fingerprint density at radius 1 is 1.07 bits per heavy atom. The topological polar surface area (TPSA) is 48.0 Å². The van der Waals surface area contributed by atoms with Crippen molar-refractivity contribution in [3.8, 4) is 5.75 Å².